The number of fused-ring (bicyclic) bond motifs is 1. The van der Waals surface area contributed by atoms with Crippen LogP contribution in [0.3, 0.4) is 0 Å². The van der Waals surface area contributed by atoms with Gasteiger partial charge in [0, 0.05) is 12.4 Å². The standard InChI is InChI=1S/C12H14N2/c1-3-9(2)10-4-5-11-12(8-10)14-7-6-13-11/h4-9H,3H2,1-2H3/t9-/m1/s1. The van der Waals surface area contributed by atoms with Crippen LogP contribution in [0.1, 0.15) is 31.7 Å². The first-order chi connectivity index (χ1) is 6.81. The van der Waals surface area contributed by atoms with E-state index < -0.39 is 0 Å². The number of hydrogen-bond acceptors (Lipinski definition) is 2. The van der Waals surface area contributed by atoms with Crippen molar-refractivity contribution in [3.63, 3.8) is 0 Å². The quantitative estimate of drug-likeness (QED) is 0.720. The maximum absolute atomic E-state index is 4.30. The number of aromatic nitrogens is 2. The molecule has 1 aromatic heterocycles. The van der Waals surface area contributed by atoms with Crippen LogP contribution in [0.2, 0.25) is 0 Å². The second-order valence-corrected chi connectivity index (χ2v) is 3.61. The molecule has 2 aromatic rings. The van der Waals surface area contributed by atoms with Gasteiger partial charge < -0.3 is 0 Å². The Balaban J connectivity index is 2.51. The van der Waals surface area contributed by atoms with Gasteiger partial charge in [0.1, 0.15) is 0 Å². The Morgan fingerprint density at radius 2 is 1.86 bits per heavy atom. The second-order valence-electron chi connectivity index (χ2n) is 3.61. The molecule has 0 N–H and O–H groups in total. The minimum absolute atomic E-state index is 0.599. The Kier molecular flexibility index (Phi) is 2.44. The van der Waals surface area contributed by atoms with Gasteiger partial charge in [-0.3, -0.25) is 9.97 Å². The Bertz CT molecular complexity index is 437. The Morgan fingerprint density at radius 1 is 1.14 bits per heavy atom. The van der Waals surface area contributed by atoms with Crippen molar-refractivity contribution in [3.05, 3.63) is 36.2 Å². The van der Waals surface area contributed by atoms with E-state index in [9.17, 15) is 0 Å². The summed E-state index contributed by atoms with van der Waals surface area (Å²) in [5, 5.41) is 0. The van der Waals surface area contributed by atoms with E-state index in [0.717, 1.165) is 17.5 Å². The van der Waals surface area contributed by atoms with Gasteiger partial charge in [0.2, 0.25) is 0 Å². The highest BCUT2D eigenvalue weighted by Crippen LogP contribution is 2.21. The van der Waals surface area contributed by atoms with Crippen molar-refractivity contribution in [1.29, 1.82) is 0 Å². The topological polar surface area (TPSA) is 25.8 Å². The molecule has 0 unspecified atom stereocenters. The molecule has 0 saturated carbocycles. The largest absolute Gasteiger partial charge is 0.253 e. The van der Waals surface area contributed by atoms with Crippen LogP contribution in [-0.4, -0.2) is 9.97 Å². The Labute approximate surface area is 84.0 Å². The van der Waals surface area contributed by atoms with Gasteiger partial charge in [-0.15, -0.1) is 0 Å². The lowest BCUT2D eigenvalue weighted by Crippen LogP contribution is -1.92. The average molecular weight is 186 g/mol. The molecule has 0 spiro atoms. The number of nitrogens with zero attached hydrogens (tertiary/aromatic N) is 2. The van der Waals surface area contributed by atoms with E-state index in [-0.39, 0.29) is 0 Å². The normalized spacial score (nSPS) is 13.0. The van der Waals surface area contributed by atoms with Crippen molar-refractivity contribution in [2.24, 2.45) is 0 Å². The molecule has 0 radical (unpaired) electrons. The lowest BCUT2D eigenvalue weighted by atomic mass is 9.98. The molecule has 0 fully saturated rings. The summed E-state index contributed by atoms with van der Waals surface area (Å²) in [7, 11) is 0. The molecule has 0 saturated heterocycles. The van der Waals surface area contributed by atoms with Crippen LogP contribution in [0.15, 0.2) is 30.6 Å². The highest BCUT2D eigenvalue weighted by atomic mass is 14.8. The fraction of sp³-hybridized carbons (Fsp3) is 0.333. The fourth-order valence-electron chi connectivity index (χ4n) is 1.52. The van der Waals surface area contributed by atoms with Gasteiger partial charge in [0.05, 0.1) is 11.0 Å². The first-order valence-electron chi connectivity index (χ1n) is 5.02. The van der Waals surface area contributed by atoms with Gasteiger partial charge in [-0.05, 0) is 30.0 Å². The predicted octanol–water partition coefficient (Wildman–Crippen LogP) is 3.14. The first-order valence-corrected chi connectivity index (χ1v) is 5.02. The summed E-state index contributed by atoms with van der Waals surface area (Å²) >= 11 is 0. The van der Waals surface area contributed by atoms with Crippen molar-refractivity contribution in [2.75, 3.05) is 0 Å². The van der Waals surface area contributed by atoms with Crippen molar-refractivity contribution in [1.82, 2.24) is 9.97 Å². The van der Waals surface area contributed by atoms with Crippen LogP contribution in [-0.2, 0) is 0 Å². The Hall–Kier alpha value is -1.44. The van der Waals surface area contributed by atoms with E-state index in [1.54, 1.807) is 12.4 Å². The van der Waals surface area contributed by atoms with Crippen LogP contribution >= 0.6 is 0 Å². The third-order valence-corrected chi connectivity index (χ3v) is 2.67. The lowest BCUT2D eigenvalue weighted by molar-refractivity contribution is 0.734. The number of benzene rings is 1. The van der Waals surface area contributed by atoms with Crippen LogP contribution in [0.25, 0.3) is 11.0 Å². The molecular weight excluding hydrogens is 172 g/mol. The van der Waals surface area contributed by atoms with Gasteiger partial charge in [-0.2, -0.15) is 0 Å². The molecule has 0 aliphatic heterocycles. The summed E-state index contributed by atoms with van der Waals surface area (Å²) in [4.78, 5) is 8.54. The zero-order valence-electron chi connectivity index (χ0n) is 8.57. The van der Waals surface area contributed by atoms with E-state index in [4.69, 9.17) is 0 Å². The van der Waals surface area contributed by atoms with Crippen molar-refractivity contribution < 1.29 is 0 Å². The van der Waals surface area contributed by atoms with Crippen LogP contribution < -0.4 is 0 Å². The van der Waals surface area contributed by atoms with E-state index >= 15 is 0 Å². The van der Waals surface area contributed by atoms with Crippen molar-refractivity contribution >= 4 is 11.0 Å². The minimum Gasteiger partial charge on any atom is -0.253 e. The van der Waals surface area contributed by atoms with E-state index in [2.05, 4.69) is 35.9 Å². The maximum atomic E-state index is 4.30. The number of hydrogen-bond donors (Lipinski definition) is 0. The summed E-state index contributed by atoms with van der Waals surface area (Å²) in [5.41, 5.74) is 3.31. The van der Waals surface area contributed by atoms with E-state index in [1.807, 2.05) is 6.07 Å². The summed E-state index contributed by atoms with van der Waals surface area (Å²) in [5.74, 6) is 0.599. The van der Waals surface area contributed by atoms with Gasteiger partial charge in [0.15, 0.2) is 0 Å². The minimum atomic E-state index is 0.599. The summed E-state index contributed by atoms with van der Waals surface area (Å²) < 4.78 is 0. The Morgan fingerprint density at radius 3 is 2.57 bits per heavy atom. The molecule has 2 nitrogen and oxygen atoms in total. The molecule has 1 aromatic carbocycles. The SMILES string of the molecule is CC[C@@H](C)c1ccc2nccnc2c1. The molecule has 1 atom stereocenters. The highest BCUT2D eigenvalue weighted by Gasteiger charge is 2.03. The van der Waals surface area contributed by atoms with Crippen LogP contribution in [0.4, 0.5) is 0 Å². The summed E-state index contributed by atoms with van der Waals surface area (Å²) in [6, 6.07) is 6.32. The smallest absolute Gasteiger partial charge is 0.0889 e. The second kappa shape index (κ2) is 3.74. The summed E-state index contributed by atoms with van der Waals surface area (Å²) in [6.45, 7) is 4.43. The van der Waals surface area contributed by atoms with Crippen molar-refractivity contribution in [2.45, 2.75) is 26.2 Å². The van der Waals surface area contributed by atoms with E-state index in [0.29, 0.717) is 5.92 Å². The van der Waals surface area contributed by atoms with Gasteiger partial charge in [0.25, 0.3) is 0 Å². The molecule has 0 amide bonds. The molecule has 0 aliphatic carbocycles. The van der Waals surface area contributed by atoms with Gasteiger partial charge in [-0.1, -0.05) is 19.9 Å². The third-order valence-electron chi connectivity index (χ3n) is 2.67. The van der Waals surface area contributed by atoms with Crippen LogP contribution in [0.5, 0.6) is 0 Å². The average Bonchev–Trinajstić information content (AvgIpc) is 2.27. The molecular formula is C12H14N2. The molecule has 2 rings (SSSR count). The molecule has 2 heteroatoms. The van der Waals surface area contributed by atoms with Gasteiger partial charge >= 0.3 is 0 Å². The molecule has 1 heterocycles. The third kappa shape index (κ3) is 1.60. The first kappa shape index (κ1) is 9.13. The number of rotatable bonds is 2. The zero-order valence-corrected chi connectivity index (χ0v) is 8.57. The molecule has 0 aliphatic rings. The molecule has 72 valence electrons. The molecule has 14 heavy (non-hydrogen) atoms. The van der Waals surface area contributed by atoms with Gasteiger partial charge in [-0.25, -0.2) is 0 Å². The molecule has 0 bridgehead atoms. The monoisotopic (exact) mass is 186 g/mol. The summed E-state index contributed by atoms with van der Waals surface area (Å²) in [6.07, 6.45) is 4.62. The van der Waals surface area contributed by atoms with Crippen molar-refractivity contribution in [3.8, 4) is 0 Å². The maximum Gasteiger partial charge on any atom is 0.0889 e. The fourth-order valence-corrected chi connectivity index (χ4v) is 1.52. The lowest BCUT2D eigenvalue weighted by Gasteiger charge is -2.08. The predicted molar refractivity (Wildman–Crippen MR) is 58.2 cm³/mol. The van der Waals surface area contributed by atoms with E-state index in [1.165, 1.54) is 5.56 Å². The highest BCUT2D eigenvalue weighted by molar-refractivity contribution is 5.74. The van der Waals surface area contributed by atoms with Crippen LogP contribution in [0, 0.1) is 0 Å². The zero-order chi connectivity index (χ0) is 9.97.